The highest BCUT2D eigenvalue weighted by molar-refractivity contribution is 7.90. The number of sulfone groups is 1. The van der Waals surface area contributed by atoms with Gasteiger partial charge in [-0.15, -0.1) is 0 Å². The lowest BCUT2D eigenvalue weighted by atomic mass is 10.3. The molecule has 0 fully saturated rings. The average Bonchev–Trinajstić information content (AvgIpc) is 2.47. The van der Waals surface area contributed by atoms with Gasteiger partial charge in [0, 0.05) is 19.0 Å². The van der Waals surface area contributed by atoms with Gasteiger partial charge >= 0.3 is 5.97 Å². The number of carbonyl (C=O) groups is 1. The van der Waals surface area contributed by atoms with Gasteiger partial charge in [-0.2, -0.15) is 0 Å². The largest absolute Gasteiger partial charge is 0.466 e. The average molecular weight is 246 g/mol. The molecule has 0 aromatic carbocycles. The number of esters is 1. The number of hydrogen-bond acceptors (Lipinski definition) is 5. The summed E-state index contributed by atoms with van der Waals surface area (Å²) in [6, 6.07) is 0. The van der Waals surface area contributed by atoms with Crippen LogP contribution in [-0.4, -0.2) is 36.8 Å². The van der Waals surface area contributed by atoms with Crippen molar-refractivity contribution in [1.29, 1.82) is 0 Å². The summed E-state index contributed by atoms with van der Waals surface area (Å²) >= 11 is 0. The molecule has 0 unspecified atom stereocenters. The van der Waals surface area contributed by atoms with Gasteiger partial charge in [0.1, 0.15) is 0 Å². The van der Waals surface area contributed by atoms with Crippen molar-refractivity contribution in [2.24, 2.45) is 7.05 Å². The molecule has 1 heterocycles. The van der Waals surface area contributed by atoms with E-state index in [0.29, 0.717) is 12.3 Å². The molecule has 1 rings (SSSR count). The molecule has 1 aromatic rings. The summed E-state index contributed by atoms with van der Waals surface area (Å²) in [6.45, 7) is 2.01. The topological polar surface area (TPSA) is 78.3 Å². The normalized spacial score (nSPS) is 11.4. The van der Waals surface area contributed by atoms with E-state index in [-0.39, 0.29) is 11.6 Å². The van der Waals surface area contributed by atoms with Crippen LogP contribution in [-0.2, 0) is 32.8 Å². The first kappa shape index (κ1) is 12.7. The Labute approximate surface area is 94.2 Å². The number of nitrogens with zero attached hydrogens (tertiary/aromatic N) is 2. The lowest BCUT2D eigenvalue weighted by molar-refractivity contribution is -0.142. The Morgan fingerprint density at radius 2 is 2.19 bits per heavy atom. The molecule has 0 spiro atoms. The number of hydrogen-bond donors (Lipinski definition) is 0. The third-order valence-corrected chi connectivity index (χ3v) is 3.05. The molecular weight excluding hydrogens is 232 g/mol. The second-order valence-electron chi connectivity index (χ2n) is 3.35. The van der Waals surface area contributed by atoms with Crippen molar-refractivity contribution in [3.8, 4) is 0 Å². The Morgan fingerprint density at radius 3 is 2.62 bits per heavy atom. The zero-order chi connectivity index (χ0) is 12.3. The first-order valence-electron chi connectivity index (χ1n) is 4.72. The Balaban J connectivity index is 2.93. The number of carbonyl (C=O) groups excluding carboxylic acids is 1. The standard InChI is InChI=1S/C9H14N2O4S/c1-4-15-8(12)5-7-6-10-9(11(7)2)16(3,13)14/h6H,4-5H2,1-3H3. The molecule has 0 aliphatic carbocycles. The van der Waals surface area contributed by atoms with Gasteiger partial charge in [0.2, 0.25) is 15.0 Å². The molecule has 0 aliphatic heterocycles. The van der Waals surface area contributed by atoms with Crippen molar-refractivity contribution in [2.45, 2.75) is 18.5 Å². The lowest BCUT2D eigenvalue weighted by Gasteiger charge is -2.04. The number of ether oxygens (including phenoxy) is 1. The molecule has 7 heteroatoms. The minimum absolute atomic E-state index is 0.0207. The van der Waals surface area contributed by atoms with Gasteiger partial charge in [-0.3, -0.25) is 4.79 Å². The minimum Gasteiger partial charge on any atom is -0.466 e. The smallest absolute Gasteiger partial charge is 0.311 e. The van der Waals surface area contributed by atoms with E-state index in [1.807, 2.05) is 0 Å². The Hall–Kier alpha value is -1.37. The van der Waals surface area contributed by atoms with Crippen LogP contribution >= 0.6 is 0 Å². The fraction of sp³-hybridized carbons (Fsp3) is 0.556. The van der Waals surface area contributed by atoms with E-state index in [0.717, 1.165) is 6.26 Å². The maximum Gasteiger partial charge on any atom is 0.311 e. The van der Waals surface area contributed by atoms with Crippen LogP contribution in [0.4, 0.5) is 0 Å². The van der Waals surface area contributed by atoms with E-state index in [1.54, 1.807) is 14.0 Å². The molecule has 0 N–H and O–H groups in total. The molecule has 90 valence electrons. The minimum atomic E-state index is -3.36. The SMILES string of the molecule is CCOC(=O)Cc1cnc(S(C)(=O)=O)n1C. The molecule has 0 saturated heterocycles. The molecule has 0 amide bonds. The van der Waals surface area contributed by atoms with Crippen molar-refractivity contribution >= 4 is 15.8 Å². The third-order valence-electron chi connectivity index (χ3n) is 2.00. The summed E-state index contributed by atoms with van der Waals surface area (Å²) in [7, 11) is -1.81. The van der Waals surface area contributed by atoms with Crippen LogP contribution in [0.15, 0.2) is 11.4 Å². The van der Waals surface area contributed by atoms with E-state index in [2.05, 4.69) is 4.98 Å². The molecule has 0 saturated carbocycles. The summed E-state index contributed by atoms with van der Waals surface area (Å²) in [5, 5.41) is -0.0493. The molecule has 0 atom stereocenters. The maximum absolute atomic E-state index is 11.3. The van der Waals surface area contributed by atoms with Gasteiger partial charge in [0.25, 0.3) is 0 Å². The Bertz CT molecular complexity index is 490. The number of imidazole rings is 1. The third kappa shape index (κ3) is 2.82. The van der Waals surface area contributed by atoms with Gasteiger partial charge < -0.3 is 9.30 Å². The molecule has 0 radical (unpaired) electrons. The first-order valence-corrected chi connectivity index (χ1v) is 6.61. The van der Waals surface area contributed by atoms with Gasteiger partial charge in [0.15, 0.2) is 0 Å². The van der Waals surface area contributed by atoms with E-state index in [9.17, 15) is 13.2 Å². The molecule has 0 aliphatic rings. The van der Waals surface area contributed by atoms with E-state index in [4.69, 9.17) is 4.74 Å². The monoisotopic (exact) mass is 246 g/mol. The van der Waals surface area contributed by atoms with Crippen molar-refractivity contribution < 1.29 is 17.9 Å². The molecule has 1 aromatic heterocycles. The van der Waals surface area contributed by atoms with E-state index in [1.165, 1.54) is 10.8 Å². The molecule has 0 bridgehead atoms. The van der Waals surface area contributed by atoms with Crippen LogP contribution in [0, 0.1) is 0 Å². The number of rotatable bonds is 4. The summed E-state index contributed by atoms with van der Waals surface area (Å²) in [4.78, 5) is 15.0. The molecular formula is C9H14N2O4S. The van der Waals surface area contributed by atoms with E-state index >= 15 is 0 Å². The second kappa shape index (κ2) is 4.65. The molecule has 6 nitrogen and oxygen atoms in total. The van der Waals surface area contributed by atoms with Crippen LogP contribution in [0.5, 0.6) is 0 Å². The van der Waals surface area contributed by atoms with E-state index < -0.39 is 15.8 Å². The van der Waals surface area contributed by atoms with Crippen LogP contribution in [0.1, 0.15) is 12.6 Å². The predicted molar refractivity (Wildman–Crippen MR) is 56.7 cm³/mol. The van der Waals surface area contributed by atoms with Crippen LogP contribution in [0.2, 0.25) is 0 Å². The maximum atomic E-state index is 11.3. The summed E-state index contributed by atoms with van der Waals surface area (Å²) in [5.74, 6) is -0.398. The van der Waals surface area contributed by atoms with Crippen LogP contribution < -0.4 is 0 Å². The van der Waals surface area contributed by atoms with Gasteiger partial charge in [-0.25, -0.2) is 13.4 Å². The van der Waals surface area contributed by atoms with Gasteiger partial charge in [-0.05, 0) is 6.92 Å². The zero-order valence-corrected chi connectivity index (χ0v) is 10.2. The molecule has 16 heavy (non-hydrogen) atoms. The highest BCUT2D eigenvalue weighted by Gasteiger charge is 2.17. The zero-order valence-electron chi connectivity index (χ0n) is 9.43. The predicted octanol–water partition coefficient (Wildman–Crippen LogP) is -0.0708. The highest BCUT2D eigenvalue weighted by Crippen LogP contribution is 2.09. The summed E-state index contributed by atoms with van der Waals surface area (Å²) in [6.07, 6.45) is 2.46. The van der Waals surface area contributed by atoms with Crippen molar-refractivity contribution in [3.63, 3.8) is 0 Å². The number of aromatic nitrogens is 2. The van der Waals surface area contributed by atoms with Gasteiger partial charge in [0.05, 0.1) is 19.2 Å². The Morgan fingerprint density at radius 1 is 1.56 bits per heavy atom. The van der Waals surface area contributed by atoms with Crippen molar-refractivity contribution in [3.05, 3.63) is 11.9 Å². The fourth-order valence-electron chi connectivity index (χ4n) is 1.29. The van der Waals surface area contributed by atoms with Crippen molar-refractivity contribution in [1.82, 2.24) is 9.55 Å². The van der Waals surface area contributed by atoms with Gasteiger partial charge in [-0.1, -0.05) is 0 Å². The quantitative estimate of drug-likeness (QED) is 0.695. The second-order valence-corrected chi connectivity index (χ2v) is 5.25. The Kier molecular flexibility index (Phi) is 3.69. The van der Waals surface area contributed by atoms with Crippen LogP contribution in [0.3, 0.4) is 0 Å². The van der Waals surface area contributed by atoms with Crippen LogP contribution in [0.25, 0.3) is 0 Å². The highest BCUT2D eigenvalue weighted by atomic mass is 32.2. The first-order chi connectivity index (χ1) is 7.36. The summed E-state index contributed by atoms with van der Waals surface area (Å²) < 4.78 is 28.7. The summed E-state index contributed by atoms with van der Waals surface area (Å²) in [5.41, 5.74) is 0.513. The lowest BCUT2D eigenvalue weighted by Crippen LogP contribution is -2.12. The van der Waals surface area contributed by atoms with Crippen molar-refractivity contribution in [2.75, 3.05) is 12.9 Å². The fourth-order valence-corrected chi connectivity index (χ4v) is 2.15.